The van der Waals surface area contributed by atoms with Gasteiger partial charge in [-0.05, 0) is 42.7 Å². The van der Waals surface area contributed by atoms with Crippen molar-refractivity contribution in [2.45, 2.75) is 32.4 Å². The van der Waals surface area contributed by atoms with E-state index >= 15 is 0 Å². The highest BCUT2D eigenvalue weighted by Crippen LogP contribution is 2.21. The van der Waals surface area contributed by atoms with Gasteiger partial charge in [-0.1, -0.05) is 37.3 Å². The SMILES string of the molecule is CCCN(C(=O)COc1ccc(OCc2ccccc2)cc1)C1CCS(=O)(=O)C1. The maximum absolute atomic E-state index is 12.6. The van der Waals surface area contributed by atoms with Gasteiger partial charge in [0.05, 0.1) is 11.5 Å². The molecule has 1 unspecified atom stereocenters. The summed E-state index contributed by atoms with van der Waals surface area (Å²) in [4.78, 5) is 14.3. The fraction of sp³-hybridized carbons (Fsp3) is 0.409. The van der Waals surface area contributed by atoms with E-state index in [1.807, 2.05) is 37.3 Å². The van der Waals surface area contributed by atoms with Gasteiger partial charge < -0.3 is 14.4 Å². The minimum atomic E-state index is -3.04. The van der Waals surface area contributed by atoms with Crippen LogP contribution >= 0.6 is 0 Å². The summed E-state index contributed by atoms with van der Waals surface area (Å²) >= 11 is 0. The van der Waals surface area contributed by atoms with Crippen LogP contribution in [0.2, 0.25) is 0 Å². The fourth-order valence-electron chi connectivity index (χ4n) is 3.37. The van der Waals surface area contributed by atoms with E-state index in [1.54, 1.807) is 29.2 Å². The molecule has 0 aromatic heterocycles. The van der Waals surface area contributed by atoms with Crippen molar-refractivity contribution in [1.29, 1.82) is 0 Å². The number of rotatable bonds is 9. The maximum Gasteiger partial charge on any atom is 0.260 e. The van der Waals surface area contributed by atoms with Crippen molar-refractivity contribution in [3.63, 3.8) is 0 Å². The first kappa shape index (κ1) is 21.2. The lowest BCUT2D eigenvalue weighted by Crippen LogP contribution is -2.44. The van der Waals surface area contributed by atoms with Gasteiger partial charge in [0.1, 0.15) is 18.1 Å². The Balaban J connectivity index is 1.51. The minimum Gasteiger partial charge on any atom is -0.489 e. The zero-order valence-corrected chi connectivity index (χ0v) is 17.4. The molecule has 2 aromatic carbocycles. The monoisotopic (exact) mass is 417 g/mol. The van der Waals surface area contributed by atoms with Crippen molar-refractivity contribution < 1.29 is 22.7 Å². The van der Waals surface area contributed by atoms with Gasteiger partial charge in [-0.3, -0.25) is 4.79 Å². The van der Waals surface area contributed by atoms with Crippen molar-refractivity contribution in [2.75, 3.05) is 24.7 Å². The first-order valence-electron chi connectivity index (χ1n) is 9.86. The Morgan fingerprint density at radius 1 is 1.03 bits per heavy atom. The third-order valence-corrected chi connectivity index (χ3v) is 6.62. The second-order valence-corrected chi connectivity index (χ2v) is 9.41. The molecular weight excluding hydrogens is 390 g/mol. The first-order chi connectivity index (χ1) is 14.0. The van der Waals surface area contributed by atoms with Gasteiger partial charge in [0.25, 0.3) is 5.91 Å². The molecule has 2 aromatic rings. The summed E-state index contributed by atoms with van der Waals surface area (Å²) in [5, 5.41) is 0. The number of carbonyl (C=O) groups is 1. The van der Waals surface area contributed by atoms with Crippen molar-refractivity contribution in [3.05, 3.63) is 60.2 Å². The van der Waals surface area contributed by atoms with E-state index in [-0.39, 0.29) is 30.1 Å². The third-order valence-electron chi connectivity index (χ3n) is 4.87. The van der Waals surface area contributed by atoms with Gasteiger partial charge in [-0.15, -0.1) is 0 Å². The van der Waals surface area contributed by atoms with E-state index in [0.717, 1.165) is 17.7 Å². The van der Waals surface area contributed by atoms with Crippen LogP contribution in [0.15, 0.2) is 54.6 Å². The molecule has 3 rings (SSSR count). The Morgan fingerprint density at radius 3 is 2.28 bits per heavy atom. The van der Waals surface area contributed by atoms with Gasteiger partial charge in [0.15, 0.2) is 16.4 Å². The highest BCUT2D eigenvalue weighted by molar-refractivity contribution is 7.91. The molecule has 156 valence electrons. The van der Waals surface area contributed by atoms with Crippen LogP contribution in [-0.2, 0) is 21.2 Å². The largest absolute Gasteiger partial charge is 0.489 e. The summed E-state index contributed by atoms with van der Waals surface area (Å²) in [6.07, 6.45) is 1.28. The molecule has 29 heavy (non-hydrogen) atoms. The lowest BCUT2D eigenvalue weighted by molar-refractivity contribution is -0.135. The second-order valence-electron chi connectivity index (χ2n) is 7.18. The van der Waals surface area contributed by atoms with E-state index in [1.165, 1.54) is 0 Å². The summed E-state index contributed by atoms with van der Waals surface area (Å²) in [5.41, 5.74) is 1.09. The Hall–Kier alpha value is -2.54. The molecule has 1 aliphatic rings. The van der Waals surface area contributed by atoms with Crippen LogP contribution in [0, 0.1) is 0 Å². The number of carbonyl (C=O) groups excluding carboxylic acids is 1. The Morgan fingerprint density at radius 2 is 1.69 bits per heavy atom. The van der Waals surface area contributed by atoms with Gasteiger partial charge in [0.2, 0.25) is 0 Å². The molecular formula is C22H27NO5S. The van der Waals surface area contributed by atoms with E-state index in [2.05, 4.69) is 0 Å². The number of ether oxygens (including phenoxy) is 2. The zero-order chi connectivity index (χ0) is 20.7. The fourth-order valence-corrected chi connectivity index (χ4v) is 5.10. The minimum absolute atomic E-state index is 0.0478. The van der Waals surface area contributed by atoms with Gasteiger partial charge >= 0.3 is 0 Å². The first-order valence-corrected chi connectivity index (χ1v) is 11.7. The summed E-state index contributed by atoms with van der Waals surface area (Å²) in [5.74, 6) is 1.30. The summed E-state index contributed by atoms with van der Waals surface area (Å²) in [7, 11) is -3.04. The van der Waals surface area contributed by atoms with Gasteiger partial charge in [-0.25, -0.2) is 8.42 Å². The molecule has 0 spiro atoms. The van der Waals surface area contributed by atoms with E-state index < -0.39 is 9.84 Å². The molecule has 7 heteroatoms. The van der Waals surface area contributed by atoms with Gasteiger partial charge in [-0.2, -0.15) is 0 Å². The summed E-state index contributed by atoms with van der Waals surface area (Å²) in [6.45, 7) is 2.88. The molecule has 0 N–H and O–H groups in total. The van der Waals surface area contributed by atoms with Crippen LogP contribution in [0.4, 0.5) is 0 Å². The molecule has 1 saturated heterocycles. The van der Waals surface area contributed by atoms with Crippen LogP contribution in [0.25, 0.3) is 0 Å². The summed E-state index contributed by atoms with van der Waals surface area (Å²) in [6, 6.07) is 16.8. The lowest BCUT2D eigenvalue weighted by atomic mass is 10.2. The quantitative estimate of drug-likeness (QED) is 0.627. The van der Waals surface area contributed by atoms with Gasteiger partial charge in [0, 0.05) is 12.6 Å². The standard InChI is InChI=1S/C22H27NO5S/c1-2-13-23(19-12-14-29(25,26)17-19)22(24)16-28-21-10-8-20(9-11-21)27-15-18-6-4-3-5-7-18/h3-11,19H,2,12-17H2,1H3. The number of hydrogen-bond donors (Lipinski definition) is 0. The normalized spacial score (nSPS) is 17.6. The van der Waals surface area contributed by atoms with Crippen molar-refractivity contribution >= 4 is 15.7 Å². The van der Waals surface area contributed by atoms with Crippen LogP contribution in [0.5, 0.6) is 11.5 Å². The van der Waals surface area contributed by atoms with Crippen molar-refractivity contribution in [3.8, 4) is 11.5 Å². The van der Waals surface area contributed by atoms with E-state index in [4.69, 9.17) is 9.47 Å². The number of sulfone groups is 1. The molecule has 0 radical (unpaired) electrons. The van der Waals surface area contributed by atoms with Crippen LogP contribution in [0.1, 0.15) is 25.3 Å². The maximum atomic E-state index is 12.6. The highest BCUT2D eigenvalue weighted by Gasteiger charge is 2.34. The molecule has 1 heterocycles. The van der Waals surface area contributed by atoms with Crippen LogP contribution < -0.4 is 9.47 Å². The molecule has 1 atom stereocenters. The molecule has 1 amide bonds. The Kier molecular flexibility index (Phi) is 7.14. The number of amides is 1. The van der Waals surface area contributed by atoms with Crippen LogP contribution in [0.3, 0.4) is 0 Å². The molecule has 6 nitrogen and oxygen atoms in total. The second kappa shape index (κ2) is 9.78. The molecule has 0 aliphatic carbocycles. The molecule has 1 fully saturated rings. The van der Waals surface area contributed by atoms with Crippen LogP contribution in [-0.4, -0.2) is 49.9 Å². The summed E-state index contributed by atoms with van der Waals surface area (Å²) < 4.78 is 34.9. The smallest absolute Gasteiger partial charge is 0.260 e. The molecule has 0 bridgehead atoms. The number of hydrogen-bond acceptors (Lipinski definition) is 5. The molecule has 1 aliphatic heterocycles. The number of nitrogens with zero attached hydrogens (tertiary/aromatic N) is 1. The third kappa shape index (κ3) is 6.22. The van der Waals surface area contributed by atoms with Crippen molar-refractivity contribution in [1.82, 2.24) is 4.90 Å². The lowest BCUT2D eigenvalue weighted by Gasteiger charge is -2.27. The van der Waals surface area contributed by atoms with E-state index in [9.17, 15) is 13.2 Å². The topological polar surface area (TPSA) is 72.9 Å². The predicted molar refractivity (Wildman–Crippen MR) is 112 cm³/mol. The van der Waals surface area contributed by atoms with Crippen molar-refractivity contribution in [2.24, 2.45) is 0 Å². The zero-order valence-electron chi connectivity index (χ0n) is 16.6. The Bertz CT molecular complexity index is 897. The van der Waals surface area contributed by atoms with E-state index in [0.29, 0.717) is 25.3 Å². The molecule has 0 saturated carbocycles. The predicted octanol–water partition coefficient (Wildman–Crippen LogP) is 3.07. The average molecular weight is 418 g/mol. The number of benzene rings is 2. The average Bonchev–Trinajstić information content (AvgIpc) is 3.09. The Labute approximate surface area is 172 Å². The highest BCUT2D eigenvalue weighted by atomic mass is 32.2.